The molecule has 0 aliphatic carbocycles. The van der Waals surface area contributed by atoms with Crippen molar-refractivity contribution in [1.29, 1.82) is 0 Å². The standard InChI is InChI=1S/C30H40N4O7S2/c1-21(2)17-34(43(39,40)26-9-10-29-24(16-26)12-14-41-29)18-28(35)27(15-23-7-5-4-6-8-23)32-30(36)22(3)19-42(37,38)20-25-11-13-31-33-25/h4-11,13,16,21-22,27-28,35H,12,14-15,17-20H2,1-3H3,(H,31,33)(H,32,36)/t22-,27?,28-/m1/s1. The van der Waals surface area contributed by atoms with Crippen LogP contribution in [0.2, 0.25) is 0 Å². The minimum absolute atomic E-state index is 0.0398. The Morgan fingerprint density at radius 3 is 2.49 bits per heavy atom. The molecule has 3 N–H and O–H groups in total. The van der Waals surface area contributed by atoms with E-state index in [2.05, 4.69) is 15.5 Å². The van der Waals surface area contributed by atoms with Crippen molar-refractivity contribution in [1.82, 2.24) is 19.8 Å². The van der Waals surface area contributed by atoms with Crippen LogP contribution in [0.1, 0.15) is 37.6 Å². The summed E-state index contributed by atoms with van der Waals surface area (Å²) in [6.45, 7) is 5.68. The smallest absolute Gasteiger partial charge is 0.243 e. The zero-order valence-corrected chi connectivity index (χ0v) is 26.3. The maximum Gasteiger partial charge on any atom is 0.243 e. The molecule has 3 atom stereocenters. The number of H-pyrrole nitrogens is 1. The van der Waals surface area contributed by atoms with Crippen LogP contribution in [0.15, 0.2) is 65.7 Å². The molecule has 1 amide bonds. The summed E-state index contributed by atoms with van der Waals surface area (Å²) in [5, 5.41) is 20.7. The van der Waals surface area contributed by atoms with Crippen LogP contribution in [-0.4, -0.2) is 79.9 Å². The summed E-state index contributed by atoms with van der Waals surface area (Å²) in [5.41, 5.74) is 2.06. The van der Waals surface area contributed by atoms with Gasteiger partial charge in [-0.1, -0.05) is 51.1 Å². The van der Waals surface area contributed by atoms with E-state index in [1.807, 2.05) is 44.2 Å². The van der Waals surface area contributed by atoms with Crippen molar-refractivity contribution in [2.45, 2.75) is 56.4 Å². The summed E-state index contributed by atoms with van der Waals surface area (Å²) >= 11 is 0. The number of ether oxygens (including phenoxy) is 1. The number of aromatic nitrogens is 2. The third-order valence-corrected chi connectivity index (χ3v) is 10.8. The number of rotatable bonds is 15. The van der Waals surface area contributed by atoms with Gasteiger partial charge in [0.25, 0.3) is 0 Å². The molecule has 0 saturated carbocycles. The average molecular weight is 633 g/mol. The highest BCUT2D eigenvalue weighted by Crippen LogP contribution is 2.29. The Balaban J connectivity index is 1.53. The number of aliphatic hydroxyl groups is 1. The first kappa shape index (κ1) is 32.6. The summed E-state index contributed by atoms with van der Waals surface area (Å²) in [6, 6.07) is 14.7. The van der Waals surface area contributed by atoms with Gasteiger partial charge in [0.15, 0.2) is 9.84 Å². The lowest BCUT2D eigenvalue weighted by Gasteiger charge is -2.31. The second-order valence-corrected chi connectivity index (χ2v) is 15.5. The van der Waals surface area contributed by atoms with Gasteiger partial charge in [-0.3, -0.25) is 9.89 Å². The number of carbonyl (C=O) groups is 1. The number of aliphatic hydroxyl groups excluding tert-OH is 1. The largest absolute Gasteiger partial charge is 0.493 e. The highest BCUT2D eigenvalue weighted by molar-refractivity contribution is 7.90. The van der Waals surface area contributed by atoms with Gasteiger partial charge in [0, 0.05) is 31.6 Å². The lowest BCUT2D eigenvalue weighted by atomic mass is 10.00. The molecule has 0 bridgehead atoms. The third-order valence-electron chi connectivity index (χ3n) is 7.23. The third kappa shape index (κ3) is 8.88. The second-order valence-electron chi connectivity index (χ2n) is 11.5. The molecule has 1 aromatic heterocycles. The van der Waals surface area contributed by atoms with E-state index < -0.39 is 49.6 Å². The Morgan fingerprint density at radius 2 is 1.81 bits per heavy atom. The number of aromatic amines is 1. The number of carbonyl (C=O) groups excluding carboxylic acids is 1. The van der Waals surface area contributed by atoms with Gasteiger partial charge in [-0.2, -0.15) is 9.40 Å². The number of sulfone groups is 1. The molecule has 2 aromatic carbocycles. The molecule has 11 nitrogen and oxygen atoms in total. The Morgan fingerprint density at radius 1 is 1.07 bits per heavy atom. The van der Waals surface area contributed by atoms with Crippen LogP contribution in [0.4, 0.5) is 0 Å². The van der Waals surface area contributed by atoms with Gasteiger partial charge in [0.1, 0.15) is 5.75 Å². The number of amides is 1. The van der Waals surface area contributed by atoms with Crippen molar-refractivity contribution in [3.8, 4) is 5.75 Å². The highest BCUT2D eigenvalue weighted by atomic mass is 32.2. The molecule has 13 heteroatoms. The molecule has 43 heavy (non-hydrogen) atoms. The van der Waals surface area contributed by atoms with Crippen LogP contribution < -0.4 is 10.1 Å². The lowest BCUT2D eigenvalue weighted by Crippen LogP contribution is -2.52. The predicted molar refractivity (Wildman–Crippen MR) is 163 cm³/mol. The molecule has 2 heterocycles. The van der Waals surface area contributed by atoms with E-state index in [0.717, 1.165) is 11.1 Å². The molecule has 1 aliphatic heterocycles. The molecule has 4 rings (SSSR count). The molecule has 234 valence electrons. The fourth-order valence-corrected chi connectivity index (χ4v) is 8.42. The van der Waals surface area contributed by atoms with Gasteiger partial charge in [-0.25, -0.2) is 16.8 Å². The topological polar surface area (TPSA) is 159 Å². The van der Waals surface area contributed by atoms with Gasteiger partial charge in [-0.05, 0) is 47.7 Å². The minimum Gasteiger partial charge on any atom is -0.493 e. The summed E-state index contributed by atoms with van der Waals surface area (Å²) < 4.78 is 59.9. The van der Waals surface area contributed by atoms with E-state index in [1.165, 1.54) is 23.5 Å². The molecule has 0 radical (unpaired) electrons. The minimum atomic E-state index is -4.00. The average Bonchev–Trinajstić information content (AvgIpc) is 3.63. The predicted octanol–water partition coefficient (Wildman–Crippen LogP) is 2.33. The van der Waals surface area contributed by atoms with Crippen LogP contribution in [0.5, 0.6) is 5.75 Å². The van der Waals surface area contributed by atoms with E-state index in [0.29, 0.717) is 24.5 Å². The van der Waals surface area contributed by atoms with E-state index in [4.69, 9.17) is 4.74 Å². The summed E-state index contributed by atoms with van der Waals surface area (Å²) in [7, 11) is -7.64. The number of nitrogens with one attached hydrogen (secondary N) is 2. The van der Waals surface area contributed by atoms with Gasteiger partial charge in [0.05, 0.1) is 40.8 Å². The van der Waals surface area contributed by atoms with Crippen molar-refractivity contribution >= 4 is 25.8 Å². The number of sulfonamides is 1. The van der Waals surface area contributed by atoms with Crippen molar-refractivity contribution in [2.75, 3.05) is 25.4 Å². The van der Waals surface area contributed by atoms with E-state index in [9.17, 15) is 26.7 Å². The van der Waals surface area contributed by atoms with Gasteiger partial charge >= 0.3 is 0 Å². The summed E-state index contributed by atoms with van der Waals surface area (Å²) in [5.74, 6) is -1.52. The van der Waals surface area contributed by atoms with Crippen molar-refractivity contribution < 1.29 is 31.5 Å². The zero-order valence-electron chi connectivity index (χ0n) is 24.6. The van der Waals surface area contributed by atoms with Crippen molar-refractivity contribution in [2.24, 2.45) is 11.8 Å². The molecule has 0 spiro atoms. The molecular formula is C30H40N4O7S2. The Labute approximate surface area is 253 Å². The first-order chi connectivity index (χ1) is 20.3. The van der Waals surface area contributed by atoms with Crippen LogP contribution in [0.3, 0.4) is 0 Å². The molecule has 1 aliphatic rings. The monoisotopic (exact) mass is 632 g/mol. The summed E-state index contributed by atoms with van der Waals surface area (Å²) in [4.78, 5) is 13.4. The maximum atomic E-state index is 13.8. The number of hydrogen-bond donors (Lipinski definition) is 3. The number of nitrogens with zero attached hydrogens (tertiary/aromatic N) is 2. The quantitative estimate of drug-likeness (QED) is 0.230. The fourth-order valence-electron chi connectivity index (χ4n) is 5.08. The first-order valence-electron chi connectivity index (χ1n) is 14.3. The lowest BCUT2D eigenvalue weighted by molar-refractivity contribution is -0.125. The van der Waals surface area contributed by atoms with Crippen LogP contribution in [-0.2, 0) is 43.2 Å². The normalized spacial score (nSPS) is 15.6. The number of fused-ring (bicyclic) bond motifs is 1. The maximum absolute atomic E-state index is 13.8. The molecule has 1 unspecified atom stereocenters. The molecule has 0 saturated heterocycles. The Hall–Kier alpha value is -3.26. The van der Waals surface area contributed by atoms with E-state index in [-0.39, 0.29) is 36.1 Å². The molecular weight excluding hydrogens is 592 g/mol. The van der Waals surface area contributed by atoms with E-state index >= 15 is 0 Å². The second kappa shape index (κ2) is 14.0. The number of hydrogen-bond acceptors (Lipinski definition) is 8. The summed E-state index contributed by atoms with van der Waals surface area (Å²) in [6.07, 6.45) is 1.00. The fraction of sp³-hybridized carbons (Fsp3) is 0.467. The highest BCUT2D eigenvalue weighted by Gasteiger charge is 2.33. The zero-order chi connectivity index (χ0) is 31.2. The van der Waals surface area contributed by atoms with Crippen molar-refractivity contribution in [3.63, 3.8) is 0 Å². The van der Waals surface area contributed by atoms with Gasteiger partial charge in [-0.15, -0.1) is 0 Å². The van der Waals surface area contributed by atoms with Crippen LogP contribution in [0.25, 0.3) is 0 Å². The van der Waals surface area contributed by atoms with Gasteiger partial charge in [0.2, 0.25) is 15.9 Å². The Bertz CT molecular complexity index is 1580. The van der Waals surface area contributed by atoms with Crippen molar-refractivity contribution in [3.05, 3.63) is 77.6 Å². The van der Waals surface area contributed by atoms with Crippen LogP contribution in [0, 0.1) is 11.8 Å². The van der Waals surface area contributed by atoms with Crippen LogP contribution >= 0.6 is 0 Å². The molecule has 0 fully saturated rings. The number of benzene rings is 2. The Kier molecular flexibility index (Phi) is 10.6. The van der Waals surface area contributed by atoms with Gasteiger partial charge < -0.3 is 15.2 Å². The first-order valence-corrected chi connectivity index (χ1v) is 17.6. The SMILES string of the molecule is CC(C)CN(C[C@@H](O)C(Cc1ccccc1)NC(=O)[C@H](C)CS(=O)(=O)Cc1ccn[nH]1)S(=O)(=O)c1ccc2c(c1)CCO2. The molecule has 3 aromatic rings. The van der Waals surface area contributed by atoms with E-state index in [1.54, 1.807) is 18.2 Å².